The average Bonchev–Trinajstić information content (AvgIpc) is 2.65. The molecule has 0 aliphatic rings. The molecule has 0 atom stereocenters. The Morgan fingerprint density at radius 3 is 2.67 bits per heavy atom. The lowest BCUT2D eigenvalue weighted by atomic mass is 10.3. The molecular formula is C9H7IN4O. The van der Waals surface area contributed by atoms with Gasteiger partial charge in [0.2, 0.25) is 5.91 Å². The van der Waals surface area contributed by atoms with Gasteiger partial charge in [0.25, 0.3) is 0 Å². The van der Waals surface area contributed by atoms with Gasteiger partial charge in [0, 0.05) is 12.4 Å². The highest BCUT2D eigenvalue weighted by Gasteiger charge is 2.03. The summed E-state index contributed by atoms with van der Waals surface area (Å²) in [5.74, 6) is 0.173. The smallest absolute Gasteiger partial charge is 0.250 e. The second kappa shape index (κ2) is 3.97. The Balaban J connectivity index is 2.35. The molecule has 2 heterocycles. The van der Waals surface area contributed by atoms with Gasteiger partial charge in [-0.15, -0.1) is 0 Å². The Kier molecular flexibility index (Phi) is 2.67. The fourth-order valence-corrected chi connectivity index (χ4v) is 1.48. The largest absolute Gasteiger partial charge is 0.366 e. The molecule has 0 aliphatic heterocycles. The van der Waals surface area contributed by atoms with Crippen LogP contribution in [0.1, 0.15) is 10.4 Å². The molecule has 76 valence electrons. The number of carbonyl (C=O) groups excluding carboxylic acids is 1. The normalized spacial score (nSPS) is 10.2. The average molecular weight is 314 g/mol. The summed E-state index contributed by atoms with van der Waals surface area (Å²) in [4.78, 5) is 14.9. The minimum Gasteiger partial charge on any atom is -0.366 e. The van der Waals surface area contributed by atoms with Crippen LogP contribution in [0.3, 0.4) is 0 Å². The molecule has 0 aromatic carbocycles. The Labute approximate surface area is 99.4 Å². The van der Waals surface area contributed by atoms with Crippen molar-refractivity contribution in [3.8, 4) is 5.82 Å². The van der Waals surface area contributed by atoms with E-state index in [1.807, 2.05) is 6.20 Å². The van der Waals surface area contributed by atoms with E-state index in [0.29, 0.717) is 11.4 Å². The summed E-state index contributed by atoms with van der Waals surface area (Å²) in [6.07, 6.45) is 5.00. The number of halogens is 1. The van der Waals surface area contributed by atoms with Gasteiger partial charge in [0.1, 0.15) is 0 Å². The van der Waals surface area contributed by atoms with E-state index in [1.54, 1.807) is 23.0 Å². The molecule has 2 rings (SSSR count). The highest BCUT2D eigenvalue weighted by molar-refractivity contribution is 14.1. The molecule has 0 radical (unpaired) electrons. The van der Waals surface area contributed by atoms with Crippen molar-refractivity contribution in [2.45, 2.75) is 0 Å². The number of pyridine rings is 1. The highest BCUT2D eigenvalue weighted by Crippen LogP contribution is 2.07. The lowest BCUT2D eigenvalue weighted by Crippen LogP contribution is -2.11. The Morgan fingerprint density at radius 1 is 1.40 bits per heavy atom. The second-order valence-corrected chi connectivity index (χ2v) is 4.12. The van der Waals surface area contributed by atoms with Gasteiger partial charge in [0.05, 0.1) is 15.3 Å². The zero-order valence-electron chi connectivity index (χ0n) is 7.59. The molecule has 0 spiro atoms. The maximum Gasteiger partial charge on any atom is 0.250 e. The first-order chi connectivity index (χ1) is 7.16. The minimum absolute atomic E-state index is 0.389. The van der Waals surface area contributed by atoms with Gasteiger partial charge in [-0.1, -0.05) is 0 Å². The molecule has 0 aliphatic carbocycles. The minimum atomic E-state index is -0.482. The molecule has 1 amide bonds. The third-order valence-corrected chi connectivity index (χ3v) is 2.38. The van der Waals surface area contributed by atoms with E-state index in [-0.39, 0.29) is 0 Å². The number of aromatic nitrogens is 3. The fourth-order valence-electron chi connectivity index (χ4n) is 1.09. The molecule has 2 aromatic rings. The van der Waals surface area contributed by atoms with Gasteiger partial charge in [-0.3, -0.25) is 4.79 Å². The molecule has 0 bridgehead atoms. The van der Waals surface area contributed by atoms with Crippen LogP contribution in [-0.2, 0) is 0 Å². The summed E-state index contributed by atoms with van der Waals surface area (Å²) in [6.45, 7) is 0. The molecule has 2 N–H and O–H groups in total. The number of nitrogens with two attached hydrogens (primary N) is 1. The first-order valence-corrected chi connectivity index (χ1v) is 5.21. The summed E-state index contributed by atoms with van der Waals surface area (Å²) >= 11 is 2.16. The van der Waals surface area contributed by atoms with Crippen LogP contribution in [0.2, 0.25) is 0 Å². The van der Waals surface area contributed by atoms with Crippen LogP contribution in [0, 0.1) is 3.57 Å². The summed E-state index contributed by atoms with van der Waals surface area (Å²) in [6, 6.07) is 3.32. The maximum absolute atomic E-state index is 10.8. The number of hydrogen-bond donors (Lipinski definition) is 1. The predicted molar refractivity (Wildman–Crippen MR) is 62.6 cm³/mol. The van der Waals surface area contributed by atoms with Gasteiger partial charge in [-0.05, 0) is 34.7 Å². The van der Waals surface area contributed by atoms with Crippen molar-refractivity contribution in [1.82, 2.24) is 14.8 Å². The van der Waals surface area contributed by atoms with E-state index in [2.05, 4.69) is 32.7 Å². The number of hydrogen-bond acceptors (Lipinski definition) is 3. The highest BCUT2D eigenvalue weighted by atomic mass is 127. The molecule has 15 heavy (non-hydrogen) atoms. The van der Waals surface area contributed by atoms with Crippen LogP contribution in [0.25, 0.3) is 5.82 Å². The predicted octanol–water partition coefficient (Wildman–Crippen LogP) is 0.971. The first kappa shape index (κ1) is 10.1. The fraction of sp³-hybridized carbons (Fsp3) is 0. The van der Waals surface area contributed by atoms with E-state index in [9.17, 15) is 4.79 Å². The molecule has 6 heteroatoms. The summed E-state index contributed by atoms with van der Waals surface area (Å²) < 4.78 is 2.65. The number of carbonyl (C=O) groups is 1. The van der Waals surface area contributed by atoms with Crippen molar-refractivity contribution in [2.75, 3.05) is 0 Å². The number of primary amides is 1. The molecule has 5 nitrogen and oxygen atoms in total. The topological polar surface area (TPSA) is 73.8 Å². The lowest BCUT2D eigenvalue weighted by molar-refractivity contribution is 0.1000. The van der Waals surface area contributed by atoms with E-state index in [4.69, 9.17) is 5.73 Å². The Bertz CT molecular complexity index is 491. The SMILES string of the molecule is NC(=O)c1ccc(-n2cc(I)cn2)nc1. The van der Waals surface area contributed by atoms with Crippen molar-refractivity contribution in [1.29, 1.82) is 0 Å². The number of rotatable bonds is 2. The van der Waals surface area contributed by atoms with Crippen LogP contribution < -0.4 is 5.73 Å². The van der Waals surface area contributed by atoms with Crippen LogP contribution in [0.15, 0.2) is 30.7 Å². The van der Waals surface area contributed by atoms with E-state index < -0.39 is 5.91 Å². The van der Waals surface area contributed by atoms with E-state index in [1.165, 1.54) is 6.20 Å². The van der Waals surface area contributed by atoms with Crippen LogP contribution in [-0.4, -0.2) is 20.7 Å². The third-order valence-electron chi connectivity index (χ3n) is 1.82. The quantitative estimate of drug-likeness (QED) is 0.840. The molecule has 0 saturated carbocycles. The second-order valence-electron chi connectivity index (χ2n) is 2.87. The summed E-state index contributed by atoms with van der Waals surface area (Å²) in [5, 5.41) is 4.09. The van der Waals surface area contributed by atoms with Crippen LogP contribution in [0.4, 0.5) is 0 Å². The number of amides is 1. The van der Waals surface area contributed by atoms with Crippen molar-refractivity contribution >= 4 is 28.5 Å². The molecule has 0 saturated heterocycles. The Hall–Kier alpha value is -1.44. The molecular weight excluding hydrogens is 307 g/mol. The van der Waals surface area contributed by atoms with Crippen molar-refractivity contribution in [3.63, 3.8) is 0 Å². The number of nitrogens with zero attached hydrogens (tertiary/aromatic N) is 3. The first-order valence-electron chi connectivity index (χ1n) is 4.13. The van der Waals surface area contributed by atoms with Crippen LogP contribution >= 0.6 is 22.6 Å². The zero-order chi connectivity index (χ0) is 10.8. The molecule has 0 fully saturated rings. The lowest BCUT2D eigenvalue weighted by Gasteiger charge is -2.00. The molecule has 0 unspecified atom stereocenters. The van der Waals surface area contributed by atoms with Gasteiger partial charge < -0.3 is 5.73 Å². The zero-order valence-corrected chi connectivity index (χ0v) is 9.75. The van der Waals surface area contributed by atoms with Crippen molar-refractivity contribution < 1.29 is 4.79 Å². The van der Waals surface area contributed by atoms with Crippen molar-refractivity contribution in [3.05, 3.63) is 39.9 Å². The van der Waals surface area contributed by atoms with Gasteiger partial charge in [-0.25, -0.2) is 9.67 Å². The third kappa shape index (κ3) is 2.14. The summed E-state index contributed by atoms with van der Waals surface area (Å²) in [5.41, 5.74) is 5.49. The van der Waals surface area contributed by atoms with Gasteiger partial charge in [-0.2, -0.15) is 5.10 Å². The summed E-state index contributed by atoms with van der Waals surface area (Å²) in [7, 11) is 0. The van der Waals surface area contributed by atoms with E-state index >= 15 is 0 Å². The van der Waals surface area contributed by atoms with Gasteiger partial charge in [0.15, 0.2) is 5.82 Å². The molecule has 2 aromatic heterocycles. The maximum atomic E-state index is 10.8. The van der Waals surface area contributed by atoms with Crippen molar-refractivity contribution in [2.24, 2.45) is 5.73 Å². The van der Waals surface area contributed by atoms with E-state index in [0.717, 1.165) is 3.57 Å². The van der Waals surface area contributed by atoms with Crippen LogP contribution in [0.5, 0.6) is 0 Å². The standard InChI is InChI=1S/C9H7IN4O/c10-7-4-13-14(5-7)8-2-1-6(3-12-8)9(11)15/h1-5H,(H2,11,15). The Morgan fingerprint density at radius 2 is 2.20 bits per heavy atom. The van der Waals surface area contributed by atoms with Gasteiger partial charge >= 0.3 is 0 Å². The monoisotopic (exact) mass is 314 g/mol.